The highest BCUT2D eigenvalue weighted by molar-refractivity contribution is 5.62. The Kier molecular flexibility index (Phi) is 3.57. The molecule has 1 atom stereocenters. The van der Waals surface area contributed by atoms with Gasteiger partial charge in [-0.05, 0) is 30.0 Å². The molecule has 2 rings (SSSR count). The summed E-state index contributed by atoms with van der Waals surface area (Å²) in [7, 11) is 2.08. The fourth-order valence-corrected chi connectivity index (χ4v) is 2.21. The van der Waals surface area contributed by atoms with Crippen LogP contribution in [-0.4, -0.2) is 31.4 Å². The van der Waals surface area contributed by atoms with Crippen LogP contribution in [0.2, 0.25) is 0 Å². The SMILES string of the molecule is CC(C)c1ccc2c(c1)N(C)C(CCO)CO2. The quantitative estimate of drug-likeness (QED) is 0.873. The second-order valence-electron chi connectivity index (χ2n) is 4.97. The Balaban J connectivity index is 2.29. The number of likely N-dealkylation sites (N-methyl/N-ethyl adjacent to an activating group) is 1. The Morgan fingerprint density at radius 1 is 1.47 bits per heavy atom. The van der Waals surface area contributed by atoms with Gasteiger partial charge in [-0.3, -0.25) is 0 Å². The number of hydrogen-bond donors (Lipinski definition) is 1. The minimum absolute atomic E-state index is 0.206. The van der Waals surface area contributed by atoms with Crippen molar-refractivity contribution in [3.8, 4) is 5.75 Å². The van der Waals surface area contributed by atoms with E-state index in [1.54, 1.807) is 0 Å². The second kappa shape index (κ2) is 4.96. The molecule has 0 radical (unpaired) electrons. The van der Waals surface area contributed by atoms with Gasteiger partial charge in [0.1, 0.15) is 12.4 Å². The van der Waals surface area contributed by atoms with E-state index in [0.29, 0.717) is 12.5 Å². The van der Waals surface area contributed by atoms with Crippen molar-refractivity contribution < 1.29 is 9.84 Å². The lowest BCUT2D eigenvalue weighted by Crippen LogP contribution is -2.41. The van der Waals surface area contributed by atoms with E-state index in [2.05, 4.69) is 44.0 Å². The van der Waals surface area contributed by atoms with E-state index in [1.807, 2.05) is 0 Å². The lowest BCUT2D eigenvalue weighted by molar-refractivity contribution is 0.219. The molecule has 0 amide bonds. The maximum absolute atomic E-state index is 9.04. The van der Waals surface area contributed by atoms with E-state index in [1.165, 1.54) is 5.56 Å². The molecule has 94 valence electrons. The van der Waals surface area contributed by atoms with E-state index < -0.39 is 0 Å². The normalized spacial score (nSPS) is 19.1. The highest BCUT2D eigenvalue weighted by atomic mass is 16.5. The molecule has 1 aliphatic heterocycles. The molecule has 0 bridgehead atoms. The molecule has 1 aromatic rings. The molecule has 1 aliphatic rings. The molecular weight excluding hydrogens is 214 g/mol. The van der Waals surface area contributed by atoms with E-state index in [-0.39, 0.29) is 12.6 Å². The van der Waals surface area contributed by atoms with Crippen LogP contribution in [0.5, 0.6) is 5.75 Å². The van der Waals surface area contributed by atoms with E-state index in [4.69, 9.17) is 9.84 Å². The first-order chi connectivity index (χ1) is 8.13. The number of fused-ring (bicyclic) bond motifs is 1. The zero-order valence-corrected chi connectivity index (χ0v) is 10.8. The molecule has 0 spiro atoms. The van der Waals surface area contributed by atoms with Gasteiger partial charge in [0.15, 0.2) is 0 Å². The zero-order chi connectivity index (χ0) is 12.4. The maximum Gasteiger partial charge on any atom is 0.142 e. The molecule has 1 unspecified atom stereocenters. The van der Waals surface area contributed by atoms with Gasteiger partial charge in [-0.25, -0.2) is 0 Å². The number of rotatable bonds is 3. The van der Waals surface area contributed by atoms with Crippen molar-refractivity contribution in [3.05, 3.63) is 23.8 Å². The third kappa shape index (κ3) is 2.39. The van der Waals surface area contributed by atoms with Crippen LogP contribution < -0.4 is 9.64 Å². The molecule has 1 heterocycles. The third-order valence-corrected chi connectivity index (χ3v) is 3.47. The van der Waals surface area contributed by atoms with Gasteiger partial charge < -0.3 is 14.7 Å². The Morgan fingerprint density at radius 3 is 2.88 bits per heavy atom. The van der Waals surface area contributed by atoms with Crippen LogP contribution in [0.1, 0.15) is 31.7 Å². The Labute approximate surface area is 103 Å². The summed E-state index contributed by atoms with van der Waals surface area (Å²) in [4.78, 5) is 2.22. The molecule has 3 heteroatoms. The molecule has 17 heavy (non-hydrogen) atoms. The van der Waals surface area contributed by atoms with Crippen LogP contribution in [0.4, 0.5) is 5.69 Å². The number of hydrogen-bond acceptors (Lipinski definition) is 3. The summed E-state index contributed by atoms with van der Waals surface area (Å²) < 4.78 is 5.74. The summed E-state index contributed by atoms with van der Waals surface area (Å²) in [6, 6.07) is 6.65. The van der Waals surface area contributed by atoms with E-state index in [0.717, 1.165) is 17.9 Å². The van der Waals surface area contributed by atoms with Crippen LogP contribution in [-0.2, 0) is 0 Å². The summed E-state index contributed by atoms with van der Waals surface area (Å²) in [6.07, 6.45) is 0.752. The number of ether oxygens (including phenoxy) is 1. The zero-order valence-electron chi connectivity index (χ0n) is 10.8. The highest BCUT2D eigenvalue weighted by Crippen LogP contribution is 2.35. The predicted molar refractivity (Wildman–Crippen MR) is 69.9 cm³/mol. The monoisotopic (exact) mass is 235 g/mol. The van der Waals surface area contributed by atoms with Crippen molar-refractivity contribution >= 4 is 5.69 Å². The van der Waals surface area contributed by atoms with Crippen LogP contribution in [0.3, 0.4) is 0 Å². The van der Waals surface area contributed by atoms with E-state index >= 15 is 0 Å². The Hall–Kier alpha value is -1.22. The predicted octanol–water partition coefficient (Wildman–Crippen LogP) is 2.39. The topological polar surface area (TPSA) is 32.7 Å². The highest BCUT2D eigenvalue weighted by Gasteiger charge is 2.24. The fourth-order valence-electron chi connectivity index (χ4n) is 2.21. The van der Waals surface area contributed by atoms with Crippen LogP contribution in [0, 0.1) is 0 Å². The average Bonchev–Trinajstić information content (AvgIpc) is 2.32. The Bertz CT molecular complexity index is 390. The smallest absolute Gasteiger partial charge is 0.142 e. The van der Waals surface area contributed by atoms with Crippen molar-refractivity contribution in [1.82, 2.24) is 0 Å². The molecule has 0 saturated heterocycles. The number of benzene rings is 1. The second-order valence-corrected chi connectivity index (χ2v) is 4.97. The fraction of sp³-hybridized carbons (Fsp3) is 0.571. The minimum atomic E-state index is 0.206. The standard InChI is InChI=1S/C14H21NO2/c1-10(2)11-4-5-14-13(8-11)15(3)12(6-7-16)9-17-14/h4-5,8,10,12,16H,6-7,9H2,1-3H3. The van der Waals surface area contributed by atoms with Crippen LogP contribution in [0.15, 0.2) is 18.2 Å². The molecule has 0 fully saturated rings. The maximum atomic E-state index is 9.04. The van der Waals surface area contributed by atoms with Gasteiger partial charge in [0.05, 0.1) is 11.7 Å². The van der Waals surface area contributed by atoms with Crippen molar-refractivity contribution in [2.24, 2.45) is 0 Å². The first kappa shape index (κ1) is 12.2. The van der Waals surface area contributed by atoms with Gasteiger partial charge in [0.25, 0.3) is 0 Å². The largest absolute Gasteiger partial charge is 0.489 e. The first-order valence-electron chi connectivity index (χ1n) is 6.24. The lowest BCUT2D eigenvalue weighted by atomic mass is 10.0. The van der Waals surface area contributed by atoms with Gasteiger partial charge in [0, 0.05) is 13.7 Å². The van der Waals surface area contributed by atoms with Crippen LogP contribution in [0.25, 0.3) is 0 Å². The molecule has 0 aromatic heterocycles. The minimum Gasteiger partial charge on any atom is -0.489 e. The summed E-state index contributed by atoms with van der Waals surface area (Å²) in [5.74, 6) is 1.47. The summed E-state index contributed by atoms with van der Waals surface area (Å²) in [5.41, 5.74) is 2.46. The molecule has 1 N–H and O–H groups in total. The van der Waals surface area contributed by atoms with Crippen molar-refractivity contribution in [3.63, 3.8) is 0 Å². The van der Waals surface area contributed by atoms with Crippen LogP contribution >= 0.6 is 0 Å². The van der Waals surface area contributed by atoms with Crippen molar-refractivity contribution in [2.75, 3.05) is 25.2 Å². The number of anilines is 1. The van der Waals surface area contributed by atoms with Gasteiger partial charge in [0.2, 0.25) is 0 Å². The van der Waals surface area contributed by atoms with Gasteiger partial charge in [-0.15, -0.1) is 0 Å². The summed E-state index contributed by atoms with van der Waals surface area (Å²) >= 11 is 0. The summed E-state index contributed by atoms with van der Waals surface area (Å²) in [5, 5.41) is 9.04. The molecule has 1 aromatic carbocycles. The van der Waals surface area contributed by atoms with Crippen molar-refractivity contribution in [1.29, 1.82) is 0 Å². The molecule has 3 nitrogen and oxygen atoms in total. The van der Waals surface area contributed by atoms with Gasteiger partial charge in [-0.2, -0.15) is 0 Å². The number of aliphatic hydroxyl groups is 1. The number of nitrogens with zero attached hydrogens (tertiary/aromatic N) is 1. The summed E-state index contributed by atoms with van der Waals surface area (Å²) in [6.45, 7) is 5.25. The van der Waals surface area contributed by atoms with Gasteiger partial charge in [-0.1, -0.05) is 19.9 Å². The number of aliphatic hydroxyl groups excluding tert-OH is 1. The van der Waals surface area contributed by atoms with Crippen molar-refractivity contribution in [2.45, 2.75) is 32.2 Å². The first-order valence-corrected chi connectivity index (χ1v) is 6.24. The molecule has 0 saturated carbocycles. The molecule has 0 aliphatic carbocycles. The third-order valence-electron chi connectivity index (χ3n) is 3.47. The van der Waals surface area contributed by atoms with Gasteiger partial charge >= 0.3 is 0 Å². The lowest BCUT2D eigenvalue weighted by Gasteiger charge is -2.36. The molecular formula is C14H21NO2. The van der Waals surface area contributed by atoms with E-state index in [9.17, 15) is 0 Å². The average molecular weight is 235 g/mol. The Morgan fingerprint density at radius 2 is 2.24 bits per heavy atom.